The smallest absolute Gasteiger partial charge is 0.339 e. The van der Waals surface area contributed by atoms with Gasteiger partial charge in [-0.05, 0) is 54.0 Å². The van der Waals surface area contributed by atoms with Gasteiger partial charge in [-0.3, -0.25) is 4.79 Å². The largest absolute Gasteiger partial charge is 0.497 e. The van der Waals surface area contributed by atoms with Gasteiger partial charge in [0.25, 0.3) is 0 Å². The highest BCUT2D eigenvalue weighted by atomic mass is 32.2. The monoisotopic (exact) mass is 404 g/mol. The van der Waals surface area contributed by atoms with Crippen molar-refractivity contribution in [1.29, 1.82) is 0 Å². The molecule has 28 heavy (non-hydrogen) atoms. The summed E-state index contributed by atoms with van der Waals surface area (Å²) in [6, 6.07) is 10.6. The Morgan fingerprint density at radius 2 is 1.68 bits per heavy atom. The van der Waals surface area contributed by atoms with E-state index in [1.54, 1.807) is 18.2 Å². The maximum atomic E-state index is 12.5. The average Bonchev–Trinajstić information content (AvgIpc) is 2.66. The summed E-state index contributed by atoms with van der Waals surface area (Å²) in [4.78, 5) is 11.8. The highest BCUT2D eigenvalue weighted by molar-refractivity contribution is 7.87. The van der Waals surface area contributed by atoms with Crippen LogP contribution in [0.1, 0.15) is 25.8 Å². The molecule has 0 fully saturated rings. The summed E-state index contributed by atoms with van der Waals surface area (Å²) in [6.07, 6.45) is 3.63. The van der Waals surface area contributed by atoms with Crippen LogP contribution in [0, 0.1) is 5.92 Å². The molecule has 0 unspecified atom stereocenters. The molecule has 0 aliphatic carbocycles. The van der Waals surface area contributed by atoms with Gasteiger partial charge in [0.15, 0.2) is 17.3 Å². The van der Waals surface area contributed by atoms with Crippen LogP contribution in [0.15, 0.2) is 53.4 Å². The van der Waals surface area contributed by atoms with Gasteiger partial charge in [0.2, 0.25) is 0 Å². The fraction of sp³-hybridized carbons (Fsp3) is 0.286. The van der Waals surface area contributed by atoms with Gasteiger partial charge in [0.1, 0.15) is 10.6 Å². The lowest BCUT2D eigenvalue weighted by Crippen LogP contribution is -2.10. The molecule has 0 aliphatic rings. The topological polar surface area (TPSA) is 78.9 Å². The predicted molar refractivity (Wildman–Crippen MR) is 107 cm³/mol. The van der Waals surface area contributed by atoms with Crippen LogP contribution in [-0.4, -0.2) is 28.4 Å². The molecule has 0 aromatic heterocycles. The van der Waals surface area contributed by atoms with Crippen LogP contribution < -0.4 is 13.7 Å². The molecule has 0 heterocycles. The van der Waals surface area contributed by atoms with Gasteiger partial charge in [-0.15, -0.1) is 0 Å². The summed E-state index contributed by atoms with van der Waals surface area (Å²) in [6.45, 7) is 3.95. The number of allylic oxidation sites excluding steroid dienone is 1. The molecule has 7 heteroatoms. The summed E-state index contributed by atoms with van der Waals surface area (Å²) in [5, 5.41) is 0. The van der Waals surface area contributed by atoms with Crippen molar-refractivity contribution < 1.29 is 26.9 Å². The zero-order chi connectivity index (χ0) is 20.7. The van der Waals surface area contributed by atoms with E-state index >= 15 is 0 Å². The first kappa shape index (κ1) is 21.5. The predicted octanol–water partition coefficient (Wildman–Crippen LogP) is 4.10. The van der Waals surface area contributed by atoms with E-state index in [4.69, 9.17) is 13.7 Å². The van der Waals surface area contributed by atoms with Crippen LogP contribution in [0.25, 0.3) is 6.08 Å². The maximum absolute atomic E-state index is 12.5. The zero-order valence-electron chi connectivity index (χ0n) is 16.3. The third-order valence-corrected chi connectivity index (χ3v) is 5.05. The SMILES string of the molecule is COc1ccc(S(=O)(=O)Oc2ccc(/C=C/C(=O)CC(C)C)cc2OC)cc1. The van der Waals surface area contributed by atoms with Crippen molar-refractivity contribution in [1.82, 2.24) is 0 Å². The van der Waals surface area contributed by atoms with Crippen LogP contribution in [0.2, 0.25) is 0 Å². The van der Waals surface area contributed by atoms with Crippen molar-refractivity contribution in [3.63, 3.8) is 0 Å². The molecular weight excluding hydrogens is 380 g/mol. The first-order chi connectivity index (χ1) is 13.2. The normalized spacial score (nSPS) is 11.6. The number of benzene rings is 2. The van der Waals surface area contributed by atoms with Crippen molar-refractivity contribution in [2.45, 2.75) is 25.2 Å². The fourth-order valence-electron chi connectivity index (χ4n) is 2.42. The molecule has 0 atom stereocenters. The van der Waals surface area contributed by atoms with Crippen LogP contribution in [0.4, 0.5) is 0 Å². The highest BCUT2D eigenvalue weighted by Gasteiger charge is 2.19. The number of hydrogen-bond donors (Lipinski definition) is 0. The van der Waals surface area contributed by atoms with Gasteiger partial charge in [-0.25, -0.2) is 0 Å². The van der Waals surface area contributed by atoms with E-state index in [1.807, 2.05) is 13.8 Å². The minimum atomic E-state index is -4.03. The van der Waals surface area contributed by atoms with E-state index in [9.17, 15) is 13.2 Å². The number of ketones is 1. The molecule has 0 bridgehead atoms. The molecule has 0 radical (unpaired) electrons. The first-order valence-corrected chi connectivity index (χ1v) is 10.1. The first-order valence-electron chi connectivity index (χ1n) is 8.72. The second-order valence-corrected chi connectivity index (χ2v) is 8.07. The Kier molecular flexibility index (Phi) is 7.23. The van der Waals surface area contributed by atoms with Gasteiger partial charge in [0.05, 0.1) is 14.2 Å². The maximum Gasteiger partial charge on any atom is 0.339 e. The number of carbonyl (C=O) groups is 1. The Balaban J connectivity index is 2.21. The Bertz CT molecular complexity index is 943. The average molecular weight is 404 g/mol. The summed E-state index contributed by atoms with van der Waals surface area (Å²) in [5.41, 5.74) is 0.697. The van der Waals surface area contributed by atoms with Crippen LogP contribution >= 0.6 is 0 Å². The Labute approximate surface area is 165 Å². The zero-order valence-corrected chi connectivity index (χ0v) is 17.2. The lowest BCUT2D eigenvalue weighted by Gasteiger charge is -2.11. The van der Waals surface area contributed by atoms with Crippen molar-refractivity contribution >= 4 is 22.0 Å². The van der Waals surface area contributed by atoms with E-state index in [0.29, 0.717) is 17.7 Å². The standard InChI is InChI=1S/C21H24O6S/c1-15(2)13-17(22)7-5-16-6-12-20(21(14-16)26-4)27-28(23,24)19-10-8-18(25-3)9-11-19/h5-12,14-15H,13H2,1-4H3/b7-5+. The second kappa shape index (κ2) is 9.41. The van der Waals surface area contributed by atoms with E-state index < -0.39 is 10.1 Å². The molecule has 0 N–H and O–H groups in total. The third-order valence-electron chi connectivity index (χ3n) is 3.81. The number of methoxy groups -OCH3 is 2. The molecule has 6 nitrogen and oxygen atoms in total. The van der Waals surface area contributed by atoms with Crippen LogP contribution in [-0.2, 0) is 14.9 Å². The summed E-state index contributed by atoms with van der Waals surface area (Å²) >= 11 is 0. The van der Waals surface area contributed by atoms with E-state index in [-0.39, 0.29) is 28.1 Å². The number of hydrogen-bond acceptors (Lipinski definition) is 6. The molecule has 0 amide bonds. The van der Waals surface area contributed by atoms with Crippen LogP contribution in [0.3, 0.4) is 0 Å². The van der Waals surface area contributed by atoms with E-state index in [1.165, 1.54) is 50.6 Å². The molecule has 0 saturated carbocycles. The number of rotatable bonds is 9. The van der Waals surface area contributed by atoms with Crippen molar-refractivity contribution in [3.8, 4) is 17.2 Å². The van der Waals surface area contributed by atoms with Gasteiger partial charge >= 0.3 is 10.1 Å². The molecular formula is C21H24O6S. The van der Waals surface area contributed by atoms with E-state index in [0.717, 1.165) is 0 Å². The minimum absolute atomic E-state index is 0.00129. The fourth-order valence-corrected chi connectivity index (χ4v) is 3.36. The number of carbonyl (C=O) groups excluding carboxylic acids is 1. The van der Waals surface area contributed by atoms with Crippen molar-refractivity contribution in [3.05, 3.63) is 54.1 Å². The van der Waals surface area contributed by atoms with Crippen molar-refractivity contribution in [2.24, 2.45) is 5.92 Å². The third kappa shape index (κ3) is 5.85. The molecule has 2 aromatic carbocycles. The van der Waals surface area contributed by atoms with Crippen molar-refractivity contribution in [2.75, 3.05) is 14.2 Å². The summed E-state index contributed by atoms with van der Waals surface area (Å²) in [7, 11) is -1.12. The van der Waals surface area contributed by atoms with Gasteiger partial charge in [-0.1, -0.05) is 26.0 Å². The summed E-state index contributed by atoms with van der Waals surface area (Å²) < 4.78 is 40.5. The van der Waals surface area contributed by atoms with E-state index in [2.05, 4.69) is 0 Å². The lowest BCUT2D eigenvalue weighted by atomic mass is 10.1. The Hall–Kier alpha value is -2.80. The lowest BCUT2D eigenvalue weighted by molar-refractivity contribution is -0.115. The second-order valence-electron chi connectivity index (χ2n) is 6.52. The Morgan fingerprint density at radius 1 is 1.00 bits per heavy atom. The molecule has 0 saturated heterocycles. The molecule has 2 aromatic rings. The highest BCUT2D eigenvalue weighted by Crippen LogP contribution is 2.31. The van der Waals surface area contributed by atoms with Crippen LogP contribution in [0.5, 0.6) is 17.2 Å². The minimum Gasteiger partial charge on any atom is -0.497 e. The molecule has 150 valence electrons. The molecule has 0 aliphatic heterocycles. The quantitative estimate of drug-likeness (QED) is 0.462. The molecule has 2 rings (SSSR count). The molecule has 0 spiro atoms. The Morgan fingerprint density at radius 3 is 2.25 bits per heavy atom. The number of ether oxygens (including phenoxy) is 2. The van der Waals surface area contributed by atoms with Gasteiger partial charge in [0, 0.05) is 6.42 Å². The van der Waals surface area contributed by atoms with Gasteiger partial charge in [-0.2, -0.15) is 8.42 Å². The summed E-state index contributed by atoms with van der Waals surface area (Å²) in [5.74, 6) is 1.15. The van der Waals surface area contributed by atoms with Gasteiger partial charge < -0.3 is 13.7 Å².